The number of nitrogens with zero attached hydrogens (tertiary/aromatic N) is 2. The Morgan fingerprint density at radius 1 is 0.258 bits per heavy atom. The Morgan fingerprint density at radius 3 is 0.952 bits per heavy atom. The maximum Gasteiger partial charge on any atom is 0.0458 e. The van der Waals surface area contributed by atoms with Gasteiger partial charge in [0.2, 0.25) is 0 Å². The predicted octanol–water partition coefficient (Wildman–Crippen LogP) is 16.3. The average molecular weight is 801 g/mol. The minimum Gasteiger partial charge on any atom is -0.318 e. The van der Waals surface area contributed by atoms with Crippen LogP contribution in [0.25, 0.3) is 33.4 Å². The van der Waals surface area contributed by atoms with Crippen LogP contribution in [-0.2, 0) is 0 Å². The Balaban J connectivity index is 0.909. The van der Waals surface area contributed by atoms with Crippen molar-refractivity contribution in [2.75, 3.05) is 9.80 Å². The molecule has 0 heterocycles. The zero-order valence-electron chi connectivity index (χ0n) is 35.3. The van der Waals surface area contributed by atoms with E-state index in [0.717, 1.165) is 51.4 Å². The van der Waals surface area contributed by atoms with E-state index in [4.69, 9.17) is 0 Å². The fraction of sp³-hybridized carbons (Fsp3) is 0.133. The smallest absolute Gasteiger partial charge is 0.0458 e. The van der Waals surface area contributed by atoms with E-state index in [2.05, 4.69) is 228 Å². The van der Waals surface area contributed by atoms with E-state index in [9.17, 15) is 0 Å². The van der Waals surface area contributed by atoms with Gasteiger partial charge in [-0.05, 0) is 162 Å². The van der Waals surface area contributed by atoms with Crippen molar-refractivity contribution in [3.05, 3.63) is 258 Å². The van der Waals surface area contributed by atoms with Crippen molar-refractivity contribution in [2.24, 2.45) is 0 Å². The summed E-state index contributed by atoms with van der Waals surface area (Å²) in [6, 6.07) is 59.9. The molecule has 4 aliphatic rings. The van der Waals surface area contributed by atoms with E-state index in [-0.39, 0.29) is 0 Å². The lowest BCUT2D eigenvalue weighted by Crippen LogP contribution is -2.24. The first-order chi connectivity index (χ1) is 30.7. The monoisotopic (exact) mass is 800 g/mol. The van der Waals surface area contributed by atoms with Crippen LogP contribution in [0.4, 0.5) is 17.1 Å². The van der Waals surface area contributed by atoms with E-state index in [1.165, 1.54) is 89.8 Å². The number of benzene rings is 6. The van der Waals surface area contributed by atoms with Crippen LogP contribution in [0, 0.1) is 0 Å². The molecule has 62 heavy (non-hydrogen) atoms. The van der Waals surface area contributed by atoms with E-state index < -0.39 is 0 Å². The highest BCUT2D eigenvalue weighted by Crippen LogP contribution is 2.40. The van der Waals surface area contributed by atoms with Gasteiger partial charge in [-0.3, -0.25) is 0 Å². The number of allylic oxidation sites excluding steroid dienone is 16. The lowest BCUT2D eigenvalue weighted by molar-refractivity contribution is 0.848. The van der Waals surface area contributed by atoms with Crippen LogP contribution in [0.1, 0.15) is 73.6 Å². The molecule has 6 aromatic rings. The molecular formula is C60H52N2. The number of hydrogen-bond donors (Lipinski definition) is 0. The predicted molar refractivity (Wildman–Crippen MR) is 264 cm³/mol. The maximum atomic E-state index is 2.52. The Kier molecular flexibility index (Phi) is 11.5. The highest BCUT2D eigenvalue weighted by Gasteiger charge is 2.22. The highest BCUT2D eigenvalue weighted by atomic mass is 15.2. The summed E-state index contributed by atoms with van der Waals surface area (Å²) in [5.41, 5.74) is 20.9. The van der Waals surface area contributed by atoms with Gasteiger partial charge in [-0.15, -0.1) is 0 Å². The van der Waals surface area contributed by atoms with Crippen LogP contribution >= 0.6 is 0 Å². The van der Waals surface area contributed by atoms with Gasteiger partial charge in [-0.2, -0.15) is 0 Å². The maximum absolute atomic E-state index is 2.52. The number of hydrogen-bond acceptors (Lipinski definition) is 2. The first kappa shape index (κ1) is 39.0. The largest absolute Gasteiger partial charge is 0.318 e. The molecule has 0 N–H and O–H groups in total. The molecule has 0 spiro atoms. The third-order valence-electron chi connectivity index (χ3n) is 12.8. The van der Waals surface area contributed by atoms with Gasteiger partial charge in [0.25, 0.3) is 0 Å². The topological polar surface area (TPSA) is 6.48 Å². The van der Waals surface area contributed by atoms with E-state index in [1.54, 1.807) is 0 Å². The van der Waals surface area contributed by atoms with Gasteiger partial charge in [0, 0.05) is 34.2 Å². The summed E-state index contributed by atoms with van der Waals surface area (Å²) in [6.45, 7) is 0. The molecule has 6 aromatic carbocycles. The van der Waals surface area contributed by atoms with Crippen LogP contribution in [0.2, 0.25) is 0 Å². The molecule has 0 saturated carbocycles. The lowest BCUT2D eigenvalue weighted by Gasteiger charge is -2.33. The Labute approximate surface area is 367 Å². The van der Waals surface area contributed by atoms with E-state index >= 15 is 0 Å². The minimum atomic E-state index is 0.993. The second kappa shape index (κ2) is 18.2. The zero-order valence-corrected chi connectivity index (χ0v) is 35.3. The van der Waals surface area contributed by atoms with E-state index in [1.807, 2.05) is 0 Å². The standard InChI is InChI=1S/C60H52N2/c1-5-13-45(14-6-1)48-21-23-49(24-22-48)52-29-39-56(40-30-52)61(55-19-11-4-12-20-55)57-41-31-53(32-42-57)54-33-43-60(44-34-54)62(58-35-25-50(26-36-58)46-15-7-2-8-16-46)59-37-27-51(28-38-59)47-17-9-3-10-18-47/h1-11,13-19,21,23,25,27,29-35,37,39-44H,12,20,22,24,26,28,36,38H2. The van der Waals surface area contributed by atoms with Gasteiger partial charge >= 0.3 is 0 Å². The molecule has 0 radical (unpaired) electrons. The van der Waals surface area contributed by atoms with Crippen LogP contribution in [-0.4, -0.2) is 0 Å². The molecule has 2 heteroatoms. The molecular weight excluding hydrogens is 749 g/mol. The van der Waals surface area contributed by atoms with Gasteiger partial charge in [0.1, 0.15) is 0 Å². The fourth-order valence-electron chi connectivity index (χ4n) is 9.38. The number of anilines is 3. The third kappa shape index (κ3) is 8.55. The molecule has 302 valence electrons. The van der Waals surface area contributed by atoms with Crippen molar-refractivity contribution in [2.45, 2.75) is 51.4 Å². The van der Waals surface area contributed by atoms with Crippen molar-refractivity contribution in [1.29, 1.82) is 0 Å². The van der Waals surface area contributed by atoms with Crippen molar-refractivity contribution in [3.8, 4) is 11.1 Å². The fourth-order valence-corrected chi connectivity index (χ4v) is 9.38. The molecule has 0 saturated heterocycles. The molecule has 0 amide bonds. The quantitative estimate of drug-likeness (QED) is 0.129. The lowest BCUT2D eigenvalue weighted by atomic mass is 9.90. The van der Waals surface area contributed by atoms with Crippen LogP contribution in [0.5, 0.6) is 0 Å². The van der Waals surface area contributed by atoms with Crippen molar-refractivity contribution in [3.63, 3.8) is 0 Å². The Morgan fingerprint density at radius 2 is 0.597 bits per heavy atom. The summed E-state index contributed by atoms with van der Waals surface area (Å²) in [5, 5.41) is 0. The van der Waals surface area contributed by atoms with Crippen LogP contribution in [0.15, 0.2) is 236 Å². The van der Waals surface area contributed by atoms with Crippen LogP contribution in [0.3, 0.4) is 0 Å². The van der Waals surface area contributed by atoms with Crippen molar-refractivity contribution >= 4 is 39.4 Å². The summed E-state index contributed by atoms with van der Waals surface area (Å²) in [5.74, 6) is 0. The molecule has 0 unspecified atom stereocenters. The summed E-state index contributed by atoms with van der Waals surface area (Å²) < 4.78 is 0. The van der Waals surface area contributed by atoms with Crippen LogP contribution < -0.4 is 9.80 Å². The normalized spacial score (nSPS) is 16.2. The van der Waals surface area contributed by atoms with Gasteiger partial charge < -0.3 is 9.80 Å². The molecule has 0 aromatic heterocycles. The molecule has 10 rings (SSSR count). The SMILES string of the molecule is C1=CCCC(N(c2ccc(C3=CC=C(c4ccccc4)CC3)cc2)c2ccc(-c3ccc(N(C4=CC=C(c5ccccc5)CC4)C4=CC=C(c5ccccc5)CC4)cc3)cc2)=C1. The summed E-state index contributed by atoms with van der Waals surface area (Å²) in [6.07, 6.45) is 28.9. The molecule has 0 fully saturated rings. The highest BCUT2D eigenvalue weighted by molar-refractivity contribution is 5.80. The summed E-state index contributed by atoms with van der Waals surface area (Å²) in [7, 11) is 0. The summed E-state index contributed by atoms with van der Waals surface area (Å²) >= 11 is 0. The molecule has 0 atom stereocenters. The second-order valence-corrected chi connectivity index (χ2v) is 16.6. The van der Waals surface area contributed by atoms with Gasteiger partial charge in [0.05, 0.1) is 0 Å². The van der Waals surface area contributed by atoms with Gasteiger partial charge in [-0.1, -0.05) is 164 Å². The second-order valence-electron chi connectivity index (χ2n) is 16.6. The zero-order chi connectivity index (χ0) is 41.5. The molecule has 0 bridgehead atoms. The van der Waals surface area contributed by atoms with Gasteiger partial charge in [0.15, 0.2) is 0 Å². The molecule has 0 aliphatic heterocycles. The third-order valence-corrected chi connectivity index (χ3v) is 12.8. The Bertz CT molecular complexity index is 2700. The first-order valence-electron chi connectivity index (χ1n) is 22.4. The van der Waals surface area contributed by atoms with Gasteiger partial charge in [-0.25, -0.2) is 0 Å². The summed E-state index contributed by atoms with van der Waals surface area (Å²) in [4.78, 5) is 4.95. The Hall–Kier alpha value is -7.16. The minimum absolute atomic E-state index is 0.993. The van der Waals surface area contributed by atoms with E-state index in [0.29, 0.717) is 0 Å². The molecule has 4 aliphatic carbocycles. The first-order valence-corrected chi connectivity index (χ1v) is 22.4. The average Bonchev–Trinajstić information content (AvgIpc) is 3.36. The number of rotatable bonds is 11. The molecule has 2 nitrogen and oxygen atoms in total. The van der Waals surface area contributed by atoms with Crippen molar-refractivity contribution < 1.29 is 0 Å². The van der Waals surface area contributed by atoms with Crippen molar-refractivity contribution in [1.82, 2.24) is 0 Å².